The number of nitrogens with one attached hydrogen (secondary N) is 1. The molecule has 0 amide bonds. The molecule has 0 saturated carbocycles. The van der Waals surface area contributed by atoms with Gasteiger partial charge in [0.15, 0.2) is 0 Å². The highest BCUT2D eigenvalue weighted by atomic mass is 79.9. The summed E-state index contributed by atoms with van der Waals surface area (Å²) < 4.78 is 18.6. The number of aromatic amines is 1. The van der Waals surface area contributed by atoms with Gasteiger partial charge in [-0.3, -0.25) is 0 Å². The predicted octanol–water partition coefficient (Wildman–Crippen LogP) is 2.86. The van der Waals surface area contributed by atoms with Gasteiger partial charge in [-0.15, -0.1) is 0 Å². The monoisotopic (exact) mass is 271 g/mol. The average molecular weight is 272 g/mol. The Kier molecular flexibility index (Phi) is 2.48. The van der Waals surface area contributed by atoms with E-state index in [0.717, 1.165) is 0 Å². The molecule has 0 saturated heterocycles. The lowest BCUT2D eigenvalue weighted by Crippen LogP contribution is -1.99. The molecule has 0 bridgehead atoms. The van der Waals surface area contributed by atoms with Crippen LogP contribution in [-0.4, -0.2) is 18.1 Å². The largest absolute Gasteiger partial charge is 0.465 e. The number of halogens is 2. The minimum atomic E-state index is -0.493. The summed E-state index contributed by atoms with van der Waals surface area (Å²) in [5.74, 6) is -0.893. The molecule has 1 heterocycles. The lowest BCUT2D eigenvalue weighted by molar-refractivity contribution is 0.0603. The first-order valence-electron chi connectivity index (χ1n) is 4.18. The van der Waals surface area contributed by atoms with Gasteiger partial charge >= 0.3 is 5.97 Å². The Bertz CT molecular complexity index is 535. The van der Waals surface area contributed by atoms with Crippen molar-refractivity contribution < 1.29 is 13.9 Å². The van der Waals surface area contributed by atoms with Gasteiger partial charge in [-0.1, -0.05) is 15.9 Å². The van der Waals surface area contributed by atoms with Crippen LogP contribution in [0, 0.1) is 5.82 Å². The zero-order valence-corrected chi connectivity index (χ0v) is 9.39. The minimum Gasteiger partial charge on any atom is -0.465 e. The molecule has 1 N–H and O–H groups in total. The standard InChI is InChI=1S/C10H7BrFNO2/c1-15-10(14)5-4-13-9-7(12)3-2-6(11)8(5)9/h2-4,13H,1H3. The van der Waals surface area contributed by atoms with Crippen molar-refractivity contribution in [1.82, 2.24) is 4.98 Å². The van der Waals surface area contributed by atoms with Crippen LogP contribution in [-0.2, 0) is 4.74 Å². The molecule has 78 valence electrons. The zero-order valence-electron chi connectivity index (χ0n) is 7.80. The second-order valence-electron chi connectivity index (χ2n) is 2.97. The van der Waals surface area contributed by atoms with Crippen LogP contribution in [0.2, 0.25) is 0 Å². The van der Waals surface area contributed by atoms with E-state index in [1.807, 2.05) is 0 Å². The number of esters is 1. The number of aromatic nitrogens is 1. The van der Waals surface area contributed by atoms with Gasteiger partial charge in [0.1, 0.15) is 5.82 Å². The first-order chi connectivity index (χ1) is 7.15. The minimum absolute atomic E-state index is 0.296. The molecule has 0 aliphatic rings. The summed E-state index contributed by atoms with van der Waals surface area (Å²) in [6.07, 6.45) is 1.43. The van der Waals surface area contributed by atoms with Gasteiger partial charge in [0.2, 0.25) is 0 Å². The third kappa shape index (κ3) is 1.52. The number of carbonyl (C=O) groups excluding carboxylic acids is 1. The molecular formula is C10H7BrFNO2. The number of rotatable bonds is 1. The third-order valence-electron chi connectivity index (χ3n) is 2.14. The molecule has 0 atom stereocenters. The van der Waals surface area contributed by atoms with Crippen LogP contribution in [0.4, 0.5) is 4.39 Å². The maximum atomic E-state index is 13.3. The fourth-order valence-electron chi connectivity index (χ4n) is 1.44. The molecule has 0 spiro atoms. The van der Waals surface area contributed by atoms with Gasteiger partial charge in [0.05, 0.1) is 18.2 Å². The Morgan fingerprint density at radius 2 is 2.27 bits per heavy atom. The van der Waals surface area contributed by atoms with E-state index >= 15 is 0 Å². The van der Waals surface area contributed by atoms with Gasteiger partial charge in [0.25, 0.3) is 0 Å². The summed E-state index contributed by atoms with van der Waals surface area (Å²) >= 11 is 3.26. The van der Waals surface area contributed by atoms with Crippen molar-refractivity contribution in [3.8, 4) is 0 Å². The Morgan fingerprint density at radius 3 is 2.93 bits per heavy atom. The Labute approximate surface area is 93.4 Å². The van der Waals surface area contributed by atoms with Crippen molar-refractivity contribution in [2.24, 2.45) is 0 Å². The highest BCUT2D eigenvalue weighted by molar-refractivity contribution is 9.10. The van der Waals surface area contributed by atoms with Gasteiger partial charge in [-0.25, -0.2) is 9.18 Å². The smallest absolute Gasteiger partial charge is 0.340 e. The number of hydrogen-bond donors (Lipinski definition) is 1. The molecule has 1 aromatic heterocycles. The van der Waals surface area contributed by atoms with Crippen LogP contribution >= 0.6 is 15.9 Å². The molecular weight excluding hydrogens is 265 g/mol. The second-order valence-corrected chi connectivity index (χ2v) is 3.83. The molecule has 2 aromatic rings. The summed E-state index contributed by atoms with van der Waals surface area (Å²) in [6.45, 7) is 0. The molecule has 1 aromatic carbocycles. The van der Waals surface area contributed by atoms with Crippen molar-refractivity contribution in [3.63, 3.8) is 0 Å². The summed E-state index contributed by atoms with van der Waals surface area (Å²) in [4.78, 5) is 14.1. The van der Waals surface area contributed by atoms with E-state index in [1.54, 1.807) is 6.07 Å². The van der Waals surface area contributed by atoms with Gasteiger partial charge in [-0.2, -0.15) is 0 Å². The third-order valence-corrected chi connectivity index (χ3v) is 2.80. The van der Waals surface area contributed by atoms with Crippen LogP contribution in [0.25, 0.3) is 10.9 Å². The van der Waals surface area contributed by atoms with Crippen LogP contribution in [0.3, 0.4) is 0 Å². The number of benzene rings is 1. The van der Waals surface area contributed by atoms with Gasteiger partial charge < -0.3 is 9.72 Å². The molecule has 0 aliphatic heterocycles. The average Bonchev–Trinajstić information content (AvgIpc) is 2.68. The quantitative estimate of drug-likeness (QED) is 0.811. The van der Waals surface area contributed by atoms with Crippen molar-refractivity contribution in [2.75, 3.05) is 7.11 Å². The molecule has 3 nitrogen and oxygen atoms in total. The first-order valence-corrected chi connectivity index (χ1v) is 4.98. The molecule has 0 radical (unpaired) electrons. The normalized spacial score (nSPS) is 10.6. The zero-order chi connectivity index (χ0) is 11.0. The fraction of sp³-hybridized carbons (Fsp3) is 0.100. The van der Waals surface area contributed by atoms with Crippen LogP contribution < -0.4 is 0 Å². The van der Waals surface area contributed by atoms with E-state index in [2.05, 4.69) is 25.7 Å². The highest BCUT2D eigenvalue weighted by Crippen LogP contribution is 2.29. The van der Waals surface area contributed by atoms with E-state index < -0.39 is 11.8 Å². The number of methoxy groups -OCH3 is 1. The number of ether oxygens (including phenoxy) is 1. The molecule has 0 aliphatic carbocycles. The van der Waals surface area contributed by atoms with E-state index in [0.29, 0.717) is 20.9 Å². The molecule has 5 heteroatoms. The first kappa shape index (κ1) is 10.2. The maximum absolute atomic E-state index is 13.3. The van der Waals surface area contributed by atoms with Gasteiger partial charge in [-0.05, 0) is 12.1 Å². The van der Waals surface area contributed by atoms with Crippen LogP contribution in [0.15, 0.2) is 22.8 Å². The number of carbonyl (C=O) groups is 1. The summed E-state index contributed by atoms with van der Waals surface area (Å²) in [6, 6.07) is 2.88. The molecule has 15 heavy (non-hydrogen) atoms. The van der Waals surface area contributed by atoms with E-state index in [9.17, 15) is 9.18 Å². The van der Waals surface area contributed by atoms with Crippen molar-refractivity contribution in [2.45, 2.75) is 0 Å². The van der Waals surface area contributed by atoms with Crippen LogP contribution in [0.1, 0.15) is 10.4 Å². The van der Waals surface area contributed by atoms with E-state index in [4.69, 9.17) is 0 Å². The second kappa shape index (κ2) is 3.66. The summed E-state index contributed by atoms with van der Waals surface area (Å²) in [7, 11) is 1.29. The Balaban J connectivity index is 2.79. The Morgan fingerprint density at radius 1 is 1.53 bits per heavy atom. The van der Waals surface area contributed by atoms with Crippen molar-refractivity contribution >= 4 is 32.8 Å². The maximum Gasteiger partial charge on any atom is 0.340 e. The number of hydrogen-bond acceptors (Lipinski definition) is 2. The van der Waals surface area contributed by atoms with Gasteiger partial charge in [0, 0.05) is 16.1 Å². The Hall–Kier alpha value is -1.36. The number of fused-ring (bicyclic) bond motifs is 1. The lowest BCUT2D eigenvalue weighted by atomic mass is 10.2. The van der Waals surface area contributed by atoms with E-state index in [1.165, 1.54) is 19.4 Å². The van der Waals surface area contributed by atoms with E-state index in [-0.39, 0.29) is 0 Å². The summed E-state index contributed by atoms with van der Waals surface area (Å²) in [5, 5.41) is 0.502. The van der Waals surface area contributed by atoms with Crippen molar-refractivity contribution in [1.29, 1.82) is 0 Å². The fourth-order valence-corrected chi connectivity index (χ4v) is 1.99. The van der Waals surface area contributed by atoms with Crippen LogP contribution in [0.5, 0.6) is 0 Å². The SMILES string of the molecule is COC(=O)c1c[nH]c2c(F)ccc(Br)c12. The highest BCUT2D eigenvalue weighted by Gasteiger charge is 2.16. The summed E-state index contributed by atoms with van der Waals surface area (Å²) in [5.41, 5.74) is 0.614. The van der Waals surface area contributed by atoms with Crippen molar-refractivity contribution in [3.05, 3.63) is 34.2 Å². The molecule has 0 fully saturated rings. The topological polar surface area (TPSA) is 42.1 Å². The molecule has 2 rings (SSSR count). The molecule has 0 unspecified atom stereocenters. The number of H-pyrrole nitrogens is 1. The predicted molar refractivity (Wildman–Crippen MR) is 57.3 cm³/mol. The lowest BCUT2D eigenvalue weighted by Gasteiger charge is -1.99.